The molecule has 2 heteroatoms. The molecule has 0 amide bonds. The summed E-state index contributed by atoms with van der Waals surface area (Å²) < 4.78 is 0. The fourth-order valence-electron chi connectivity index (χ4n) is 1.39. The third-order valence-electron chi connectivity index (χ3n) is 2.32. The van der Waals surface area contributed by atoms with E-state index in [4.69, 9.17) is 5.73 Å². The molecule has 0 aliphatic heterocycles. The first kappa shape index (κ1) is 14.8. The first-order valence-corrected chi connectivity index (χ1v) is 5.82. The van der Waals surface area contributed by atoms with Gasteiger partial charge in [0.25, 0.3) is 0 Å². The molecular weight excluding hydrogens is 198 g/mol. The summed E-state index contributed by atoms with van der Waals surface area (Å²) in [6.07, 6.45) is 11.9. The van der Waals surface area contributed by atoms with Crippen molar-refractivity contribution in [3.63, 3.8) is 0 Å². The molecule has 0 bridgehead atoms. The van der Waals surface area contributed by atoms with Crippen molar-refractivity contribution in [2.75, 3.05) is 0 Å². The number of allylic oxidation sites excluding steroid dienone is 4. The minimum Gasteiger partial charge on any atom is -0.324 e. The molecule has 0 radical (unpaired) electrons. The fourth-order valence-corrected chi connectivity index (χ4v) is 1.39. The van der Waals surface area contributed by atoms with E-state index in [1.54, 1.807) is 6.08 Å². The third kappa shape index (κ3) is 7.18. The normalized spacial score (nSPS) is 15.2. The van der Waals surface area contributed by atoms with Crippen molar-refractivity contribution >= 4 is 6.29 Å². The lowest BCUT2D eigenvalue weighted by atomic mass is 9.97. The molecule has 0 aromatic rings. The van der Waals surface area contributed by atoms with E-state index in [0.717, 1.165) is 24.7 Å². The number of hydrogen-bond donors (Lipinski definition) is 1. The van der Waals surface area contributed by atoms with Crippen molar-refractivity contribution in [1.82, 2.24) is 0 Å². The summed E-state index contributed by atoms with van der Waals surface area (Å²) in [4.78, 5) is 10.2. The number of aldehydes is 1. The molecule has 1 atom stereocenters. The van der Waals surface area contributed by atoms with Crippen molar-refractivity contribution in [1.29, 1.82) is 0 Å². The molecule has 2 N–H and O–H groups in total. The molecule has 0 spiro atoms. The average Bonchev–Trinajstić information content (AvgIpc) is 2.25. The van der Waals surface area contributed by atoms with E-state index >= 15 is 0 Å². The van der Waals surface area contributed by atoms with Crippen molar-refractivity contribution in [2.24, 2.45) is 11.7 Å². The molecule has 0 heterocycles. The van der Waals surface area contributed by atoms with Crippen LogP contribution in [0.4, 0.5) is 0 Å². The molecule has 0 aromatic carbocycles. The maximum absolute atomic E-state index is 10.2. The highest BCUT2D eigenvalue weighted by Crippen LogP contribution is 2.12. The molecule has 0 aliphatic carbocycles. The summed E-state index contributed by atoms with van der Waals surface area (Å²) >= 11 is 0. The molecule has 0 fully saturated rings. The highest BCUT2D eigenvalue weighted by atomic mass is 16.1. The summed E-state index contributed by atoms with van der Waals surface area (Å²) in [7, 11) is 0. The van der Waals surface area contributed by atoms with Gasteiger partial charge in [0.1, 0.15) is 6.29 Å². The van der Waals surface area contributed by atoms with Crippen LogP contribution in [-0.4, -0.2) is 12.3 Å². The predicted octanol–water partition coefficient (Wildman–Crippen LogP) is 3.01. The molecule has 0 rings (SSSR count). The molecule has 2 nitrogen and oxygen atoms in total. The van der Waals surface area contributed by atoms with Gasteiger partial charge in [-0.2, -0.15) is 0 Å². The van der Waals surface area contributed by atoms with Gasteiger partial charge in [-0.1, -0.05) is 38.2 Å². The zero-order valence-corrected chi connectivity index (χ0v) is 10.5. The fraction of sp³-hybridized carbons (Fsp3) is 0.500. The van der Waals surface area contributed by atoms with Gasteiger partial charge in [0, 0.05) is 6.04 Å². The predicted molar refractivity (Wildman–Crippen MR) is 70.1 cm³/mol. The summed E-state index contributed by atoms with van der Waals surface area (Å²) in [6.45, 7) is 6.35. The van der Waals surface area contributed by atoms with Crippen LogP contribution in [0.25, 0.3) is 0 Å². The van der Waals surface area contributed by atoms with Crippen molar-refractivity contribution < 1.29 is 4.79 Å². The number of nitrogens with two attached hydrogens (primary N) is 1. The minimum atomic E-state index is 0.0508. The Kier molecular flexibility index (Phi) is 8.45. The minimum absolute atomic E-state index is 0.0508. The zero-order chi connectivity index (χ0) is 12.4. The Hall–Kier alpha value is -1.15. The van der Waals surface area contributed by atoms with E-state index in [-0.39, 0.29) is 6.04 Å². The van der Waals surface area contributed by atoms with Gasteiger partial charge >= 0.3 is 0 Å². The van der Waals surface area contributed by atoms with Gasteiger partial charge in [-0.3, -0.25) is 4.79 Å². The van der Waals surface area contributed by atoms with E-state index in [0.29, 0.717) is 5.92 Å². The van der Waals surface area contributed by atoms with Gasteiger partial charge in [-0.15, -0.1) is 0 Å². The standard InChI is InChI=1S/C14H23NO/c1-4-7-13(8-5-6-11-16)14(15)10-9-12(2)3/h4-8,11-12,14H,9-10,15H2,1-3H3/b6-5+,7-4-,13-8+. The van der Waals surface area contributed by atoms with Gasteiger partial charge in [0.2, 0.25) is 0 Å². The molecule has 90 valence electrons. The van der Waals surface area contributed by atoms with Crippen LogP contribution in [0.2, 0.25) is 0 Å². The van der Waals surface area contributed by atoms with Crippen LogP contribution >= 0.6 is 0 Å². The van der Waals surface area contributed by atoms with E-state index in [9.17, 15) is 4.79 Å². The number of rotatable bonds is 7. The van der Waals surface area contributed by atoms with Gasteiger partial charge < -0.3 is 5.73 Å². The number of carbonyl (C=O) groups is 1. The van der Waals surface area contributed by atoms with E-state index in [1.165, 1.54) is 6.08 Å². The Labute approximate surface area is 98.9 Å². The van der Waals surface area contributed by atoms with Crippen LogP contribution in [0.3, 0.4) is 0 Å². The van der Waals surface area contributed by atoms with E-state index < -0.39 is 0 Å². The lowest BCUT2D eigenvalue weighted by Crippen LogP contribution is -2.22. The van der Waals surface area contributed by atoms with Gasteiger partial charge in [0.15, 0.2) is 0 Å². The van der Waals surface area contributed by atoms with Crippen LogP contribution in [0.5, 0.6) is 0 Å². The quantitative estimate of drug-likeness (QED) is 0.408. The molecule has 1 unspecified atom stereocenters. The Morgan fingerprint density at radius 3 is 2.44 bits per heavy atom. The summed E-state index contributed by atoms with van der Waals surface area (Å²) in [5.74, 6) is 0.670. The molecule has 0 saturated carbocycles. The first-order chi connectivity index (χ1) is 7.61. The molecule has 16 heavy (non-hydrogen) atoms. The lowest BCUT2D eigenvalue weighted by molar-refractivity contribution is -0.104. The second kappa shape index (κ2) is 9.10. The van der Waals surface area contributed by atoms with Gasteiger partial charge in [-0.05, 0) is 37.3 Å². The molecule has 0 aromatic heterocycles. The Morgan fingerprint density at radius 2 is 1.94 bits per heavy atom. The Balaban J connectivity index is 4.45. The number of carbonyl (C=O) groups excluding carboxylic acids is 1. The third-order valence-corrected chi connectivity index (χ3v) is 2.32. The van der Waals surface area contributed by atoms with Crippen molar-refractivity contribution in [2.45, 2.75) is 39.7 Å². The zero-order valence-electron chi connectivity index (χ0n) is 10.5. The van der Waals surface area contributed by atoms with Crippen LogP contribution in [0, 0.1) is 5.92 Å². The van der Waals surface area contributed by atoms with Gasteiger partial charge in [-0.25, -0.2) is 0 Å². The first-order valence-electron chi connectivity index (χ1n) is 5.82. The highest BCUT2D eigenvalue weighted by Gasteiger charge is 2.06. The molecule has 0 saturated heterocycles. The van der Waals surface area contributed by atoms with Crippen LogP contribution < -0.4 is 5.73 Å². The number of hydrogen-bond acceptors (Lipinski definition) is 2. The second-order valence-electron chi connectivity index (χ2n) is 4.27. The molecule has 0 aliphatic rings. The van der Waals surface area contributed by atoms with E-state index in [2.05, 4.69) is 13.8 Å². The summed E-state index contributed by atoms with van der Waals surface area (Å²) in [5.41, 5.74) is 7.16. The van der Waals surface area contributed by atoms with Gasteiger partial charge in [0.05, 0.1) is 0 Å². The van der Waals surface area contributed by atoms with Crippen LogP contribution in [0.1, 0.15) is 33.6 Å². The Bertz CT molecular complexity index is 274. The molecular formula is C14H23NO. The van der Waals surface area contributed by atoms with Crippen LogP contribution in [0.15, 0.2) is 36.0 Å². The summed E-state index contributed by atoms with van der Waals surface area (Å²) in [6, 6.07) is 0.0508. The monoisotopic (exact) mass is 221 g/mol. The highest BCUT2D eigenvalue weighted by molar-refractivity contribution is 5.65. The SMILES string of the molecule is C\C=C/C(=C\C=C\C=O)C(N)CCC(C)C. The Morgan fingerprint density at radius 1 is 1.25 bits per heavy atom. The largest absolute Gasteiger partial charge is 0.324 e. The van der Waals surface area contributed by atoms with Crippen molar-refractivity contribution in [3.8, 4) is 0 Å². The van der Waals surface area contributed by atoms with E-state index in [1.807, 2.05) is 25.2 Å². The topological polar surface area (TPSA) is 43.1 Å². The average molecular weight is 221 g/mol. The maximum Gasteiger partial charge on any atom is 0.142 e. The summed E-state index contributed by atoms with van der Waals surface area (Å²) in [5, 5.41) is 0. The van der Waals surface area contributed by atoms with Crippen molar-refractivity contribution in [3.05, 3.63) is 36.0 Å². The second-order valence-corrected chi connectivity index (χ2v) is 4.27. The van der Waals surface area contributed by atoms with Crippen LogP contribution in [-0.2, 0) is 4.79 Å². The lowest BCUT2D eigenvalue weighted by Gasteiger charge is -2.14. The smallest absolute Gasteiger partial charge is 0.142 e. The maximum atomic E-state index is 10.2.